The fourth-order valence-corrected chi connectivity index (χ4v) is 7.53. The minimum Gasteiger partial charge on any atom is -0.444 e. The van der Waals surface area contributed by atoms with Crippen LogP contribution in [0.4, 0.5) is 4.79 Å². The lowest BCUT2D eigenvalue weighted by Crippen LogP contribution is -2.54. The van der Waals surface area contributed by atoms with Crippen molar-refractivity contribution >= 4 is 12.0 Å². The number of piperidine rings is 1. The third-order valence-corrected chi connectivity index (χ3v) is 9.90. The van der Waals surface area contributed by atoms with Gasteiger partial charge in [-0.15, -0.1) is 0 Å². The summed E-state index contributed by atoms with van der Waals surface area (Å²) < 4.78 is 5.70. The molecule has 2 bridgehead atoms. The van der Waals surface area contributed by atoms with Crippen LogP contribution in [-0.2, 0) is 16.0 Å². The Morgan fingerprint density at radius 1 is 1.02 bits per heavy atom. The zero-order chi connectivity index (χ0) is 29.4. The largest absolute Gasteiger partial charge is 0.444 e. The number of rotatable bonds is 7. The average molecular weight is 560 g/mol. The molecule has 222 valence electrons. The summed E-state index contributed by atoms with van der Waals surface area (Å²) >= 11 is 0. The summed E-state index contributed by atoms with van der Waals surface area (Å²) in [5, 5.41) is 0. The summed E-state index contributed by atoms with van der Waals surface area (Å²) in [4.78, 5) is 33.4. The van der Waals surface area contributed by atoms with Crippen LogP contribution in [0.15, 0.2) is 48.5 Å². The molecule has 4 atom stereocenters. The van der Waals surface area contributed by atoms with Crippen LogP contribution in [0, 0.1) is 25.7 Å². The second-order valence-corrected chi connectivity index (χ2v) is 13.9. The molecule has 2 aromatic carbocycles. The molecule has 3 aliphatic rings. The van der Waals surface area contributed by atoms with Crippen LogP contribution in [0.1, 0.15) is 81.7 Å². The Morgan fingerprint density at radius 2 is 1.78 bits per heavy atom. The van der Waals surface area contributed by atoms with E-state index < -0.39 is 5.60 Å². The molecule has 3 fully saturated rings. The number of hydrogen-bond acceptors (Lipinski definition) is 4. The SMILES string of the molecule is Cc1ccc(C2CN(C(=O)OC(C)(C)C)CCN2C(=O)CCN2C[C@H]3CCC2(C(C)Cc2ccccc2)C3)cc1C. The van der Waals surface area contributed by atoms with Gasteiger partial charge in [-0.1, -0.05) is 55.5 Å². The predicted molar refractivity (Wildman–Crippen MR) is 164 cm³/mol. The van der Waals surface area contributed by atoms with Gasteiger partial charge in [-0.3, -0.25) is 9.69 Å². The number of fused-ring (bicyclic) bond motifs is 2. The molecular formula is C35H49N3O3. The van der Waals surface area contributed by atoms with Gasteiger partial charge in [0, 0.05) is 44.7 Å². The van der Waals surface area contributed by atoms with E-state index in [0.717, 1.165) is 31.0 Å². The maximum absolute atomic E-state index is 13.9. The first kappa shape index (κ1) is 29.6. The van der Waals surface area contributed by atoms with Crippen molar-refractivity contribution in [3.63, 3.8) is 0 Å². The van der Waals surface area contributed by atoms with E-state index in [1.807, 2.05) is 25.7 Å². The molecule has 0 N–H and O–H groups in total. The molecule has 0 aromatic heterocycles. The summed E-state index contributed by atoms with van der Waals surface area (Å²) in [6.45, 7) is 15.7. The normalized spacial score (nSPS) is 25.4. The van der Waals surface area contributed by atoms with Crippen LogP contribution in [0.2, 0.25) is 0 Å². The van der Waals surface area contributed by atoms with Gasteiger partial charge < -0.3 is 14.5 Å². The maximum atomic E-state index is 13.9. The van der Waals surface area contributed by atoms with Crippen molar-refractivity contribution in [1.29, 1.82) is 0 Å². The molecule has 0 radical (unpaired) electrons. The van der Waals surface area contributed by atoms with Crippen LogP contribution in [0.3, 0.4) is 0 Å². The van der Waals surface area contributed by atoms with E-state index >= 15 is 0 Å². The molecule has 2 aromatic rings. The number of hydrogen-bond donors (Lipinski definition) is 0. The third-order valence-electron chi connectivity index (χ3n) is 9.90. The topological polar surface area (TPSA) is 53.1 Å². The van der Waals surface area contributed by atoms with Crippen molar-refractivity contribution < 1.29 is 14.3 Å². The highest BCUT2D eigenvalue weighted by atomic mass is 16.6. The smallest absolute Gasteiger partial charge is 0.410 e. The van der Waals surface area contributed by atoms with Gasteiger partial charge in [0.15, 0.2) is 0 Å². The predicted octanol–water partition coefficient (Wildman–Crippen LogP) is 6.55. The number of likely N-dealkylation sites (tertiary alicyclic amines) is 1. The highest BCUT2D eigenvalue weighted by Gasteiger charge is 2.53. The summed E-state index contributed by atoms with van der Waals surface area (Å²) in [5.74, 6) is 1.49. The second-order valence-electron chi connectivity index (χ2n) is 13.9. The van der Waals surface area contributed by atoms with E-state index in [4.69, 9.17) is 4.74 Å². The third kappa shape index (κ3) is 6.48. The van der Waals surface area contributed by atoms with E-state index in [-0.39, 0.29) is 23.6 Å². The van der Waals surface area contributed by atoms with Crippen molar-refractivity contribution in [2.75, 3.05) is 32.7 Å². The molecule has 1 saturated carbocycles. The van der Waals surface area contributed by atoms with Gasteiger partial charge in [0.1, 0.15) is 5.60 Å². The Kier molecular flexibility index (Phi) is 8.52. The molecule has 6 nitrogen and oxygen atoms in total. The Bertz CT molecular complexity index is 1240. The van der Waals surface area contributed by atoms with Crippen molar-refractivity contribution in [2.45, 2.75) is 90.8 Å². The highest BCUT2D eigenvalue weighted by molar-refractivity contribution is 5.78. The monoisotopic (exact) mass is 559 g/mol. The molecule has 3 unspecified atom stereocenters. The lowest BCUT2D eigenvalue weighted by atomic mass is 9.79. The van der Waals surface area contributed by atoms with Gasteiger partial charge in [-0.05, 0) is 94.4 Å². The Morgan fingerprint density at radius 3 is 2.46 bits per heavy atom. The number of piperazine rings is 1. The second kappa shape index (κ2) is 11.8. The molecular weight excluding hydrogens is 510 g/mol. The van der Waals surface area contributed by atoms with Crippen molar-refractivity contribution in [3.8, 4) is 0 Å². The minimum absolute atomic E-state index is 0.177. The summed E-state index contributed by atoms with van der Waals surface area (Å²) in [5.41, 5.74) is 4.56. The molecule has 1 aliphatic carbocycles. The molecule has 2 aliphatic heterocycles. The van der Waals surface area contributed by atoms with E-state index in [1.165, 1.54) is 36.0 Å². The van der Waals surface area contributed by atoms with Crippen molar-refractivity contribution in [3.05, 3.63) is 70.8 Å². The van der Waals surface area contributed by atoms with Crippen molar-refractivity contribution in [2.24, 2.45) is 11.8 Å². The maximum Gasteiger partial charge on any atom is 0.410 e. The summed E-state index contributed by atoms with van der Waals surface area (Å²) in [6, 6.07) is 17.1. The molecule has 0 spiro atoms. The first-order valence-electron chi connectivity index (χ1n) is 15.6. The van der Waals surface area contributed by atoms with Gasteiger partial charge in [-0.2, -0.15) is 0 Å². The first-order valence-corrected chi connectivity index (χ1v) is 15.6. The standard InChI is InChI=1S/C35H49N3O3/c1-25-12-13-30(20-26(25)2)31-24-36(33(40)41-34(4,5)6)18-19-38(31)32(39)15-17-37-23-29-14-16-35(37,22-29)27(3)21-28-10-8-7-9-11-28/h7-13,20,27,29,31H,14-19,21-24H2,1-6H3/t27?,29-,31?,35?/m0/s1. The quantitative estimate of drug-likeness (QED) is 0.386. The molecule has 6 heteroatoms. The van der Waals surface area contributed by atoms with E-state index in [1.54, 1.807) is 4.90 Å². The number of ether oxygens (including phenoxy) is 1. The number of carbonyl (C=O) groups is 2. The van der Waals surface area contributed by atoms with Crippen LogP contribution >= 0.6 is 0 Å². The molecule has 41 heavy (non-hydrogen) atoms. The lowest BCUT2D eigenvalue weighted by Gasteiger charge is -2.45. The molecule has 2 heterocycles. The molecule has 2 amide bonds. The molecule has 5 rings (SSSR count). The Balaban J connectivity index is 1.29. The summed E-state index contributed by atoms with van der Waals surface area (Å²) in [7, 11) is 0. The van der Waals surface area contributed by atoms with Crippen LogP contribution < -0.4 is 0 Å². The number of carbonyl (C=O) groups excluding carboxylic acids is 2. The van der Waals surface area contributed by atoms with E-state index in [0.29, 0.717) is 32.0 Å². The fraction of sp³-hybridized carbons (Fsp3) is 0.600. The number of aryl methyl sites for hydroxylation is 2. The zero-order valence-corrected chi connectivity index (χ0v) is 26.0. The number of amides is 2. The van der Waals surface area contributed by atoms with Gasteiger partial charge in [0.2, 0.25) is 5.91 Å². The highest BCUT2D eigenvalue weighted by Crippen LogP contribution is 2.51. The van der Waals surface area contributed by atoms with Crippen molar-refractivity contribution in [1.82, 2.24) is 14.7 Å². The van der Waals surface area contributed by atoms with E-state index in [9.17, 15) is 9.59 Å². The van der Waals surface area contributed by atoms with Gasteiger partial charge in [0.25, 0.3) is 0 Å². The van der Waals surface area contributed by atoms with Crippen LogP contribution in [0.5, 0.6) is 0 Å². The zero-order valence-electron chi connectivity index (χ0n) is 26.0. The van der Waals surface area contributed by atoms with Gasteiger partial charge in [-0.25, -0.2) is 4.79 Å². The molecule has 2 saturated heterocycles. The summed E-state index contributed by atoms with van der Waals surface area (Å²) in [6.07, 6.45) is 5.10. The van der Waals surface area contributed by atoms with E-state index in [2.05, 4.69) is 74.2 Å². The van der Waals surface area contributed by atoms with Gasteiger partial charge >= 0.3 is 6.09 Å². The van der Waals surface area contributed by atoms with Crippen LogP contribution in [0.25, 0.3) is 0 Å². The number of benzene rings is 2. The minimum atomic E-state index is -0.553. The fourth-order valence-electron chi connectivity index (χ4n) is 7.53. The number of nitrogens with zero attached hydrogens (tertiary/aromatic N) is 3. The average Bonchev–Trinajstić information content (AvgIpc) is 3.53. The Labute approximate surface area is 247 Å². The Hall–Kier alpha value is -2.86. The van der Waals surface area contributed by atoms with Gasteiger partial charge in [0.05, 0.1) is 6.04 Å². The van der Waals surface area contributed by atoms with Crippen LogP contribution in [-0.4, -0.2) is 70.6 Å². The first-order chi connectivity index (χ1) is 19.4. The lowest BCUT2D eigenvalue weighted by molar-refractivity contribution is -0.137.